The summed E-state index contributed by atoms with van der Waals surface area (Å²) >= 11 is 0. The Morgan fingerprint density at radius 2 is 2.09 bits per heavy atom. The number of benzene rings is 1. The topological polar surface area (TPSA) is 128 Å². The second-order valence-electron chi connectivity index (χ2n) is 8.32. The fourth-order valence-electron chi connectivity index (χ4n) is 4.62. The van der Waals surface area contributed by atoms with Gasteiger partial charge in [-0.2, -0.15) is 0 Å². The second-order valence-corrected chi connectivity index (χ2v) is 8.32. The highest BCUT2D eigenvalue weighted by atomic mass is 16.6. The lowest BCUT2D eigenvalue weighted by molar-refractivity contribution is -0.172. The number of phenolic OH excluding ortho intramolecular Hbond substituents is 1. The molecule has 0 fully saturated rings. The molecule has 0 radical (unpaired) electrons. The Morgan fingerprint density at radius 3 is 2.82 bits per heavy atom. The number of hydrogen-bond acceptors (Lipinski definition) is 8. The predicted molar refractivity (Wildman–Crippen MR) is 117 cm³/mol. The van der Waals surface area contributed by atoms with E-state index >= 15 is 0 Å². The molecule has 1 atom stereocenters. The third-order valence-electron chi connectivity index (χ3n) is 6.57. The lowest BCUT2D eigenvalue weighted by Gasteiger charge is -2.31. The summed E-state index contributed by atoms with van der Waals surface area (Å²) in [5.74, 6) is -1.10. The lowest BCUT2D eigenvalue weighted by Crippen LogP contribution is -2.44. The maximum atomic E-state index is 13.2. The highest BCUT2D eigenvalue weighted by Crippen LogP contribution is 2.40. The summed E-state index contributed by atoms with van der Waals surface area (Å²) in [6, 6.07) is 6.89. The first-order chi connectivity index (χ1) is 15.8. The zero-order valence-electron chi connectivity index (χ0n) is 18.2. The Hall–Kier alpha value is -3.72. The normalized spacial score (nSPS) is 18.5. The van der Waals surface area contributed by atoms with Gasteiger partial charge in [0.1, 0.15) is 12.4 Å². The SMILES string of the molecule is CC[C@@]1(O)C(=O)OCc2c1cc1n(c2=O)Cc2cc3c(O)c(CCC(=O)OC)ccc3nc2-1. The fraction of sp³-hybridized carbons (Fsp3) is 0.333. The third kappa shape index (κ3) is 3.03. The molecular formula is C24H22N2O7. The number of hydrogen-bond donors (Lipinski definition) is 2. The van der Waals surface area contributed by atoms with Crippen LogP contribution in [0.1, 0.15) is 42.0 Å². The number of aromatic nitrogens is 2. The Balaban J connectivity index is 1.64. The van der Waals surface area contributed by atoms with Crippen LogP contribution in [0.3, 0.4) is 0 Å². The zero-order valence-corrected chi connectivity index (χ0v) is 18.2. The molecule has 2 aromatic heterocycles. The van der Waals surface area contributed by atoms with Crippen LogP contribution in [0, 0.1) is 0 Å². The van der Waals surface area contributed by atoms with Gasteiger partial charge in [0.05, 0.1) is 36.1 Å². The molecule has 0 spiro atoms. The summed E-state index contributed by atoms with van der Waals surface area (Å²) in [5, 5.41) is 22.3. The van der Waals surface area contributed by atoms with Crippen LogP contribution in [0.15, 0.2) is 29.1 Å². The predicted octanol–water partition coefficient (Wildman–Crippen LogP) is 1.89. The molecule has 9 nitrogen and oxygen atoms in total. The minimum atomic E-state index is -1.88. The van der Waals surface area contributed by atoms with Crippen LogP contribution in [0.25, 0.3) is 22.3 Å². The van der Waals surface area contributed by atoms with Gasteiger partial charge in [0.2, 0.25) is 0 Å². The van der Waals surface area contributed by atoms with E-state index in [2.05, 4.69) is 9.72 Å². The monoisotopic (exact) mass is 450 g/mol. The van der Waals surface area contributed by atoms with E-state index in [0.717, 1.165) is 5.56 Å². The molecular weight excluding hydrogens is 428 g/mol. The molecule has 0 unspecified atom stereocenters. The average Bonchev–Trinajstić information content (AvgIpc) is 3.18. The van der Waals surface area contributed by atoms with Crippen molar-refractivity contribution in [2.24, 2.45) is 0 Å². The Morgan fingerprint density at radius 1 is 1.30 bits per heavy atom. The minimum absolute atomic E-state index is 0.0358. The molecule has 33 heavy (non-hydrogen) atoms. The number of carbonyl (C=O) groups is 2. The molecule has 0 saturated carbocycles. The summed E-state index contributed by atoms with van der Waals surface area (Å²) in [4.78, 5) is 41.6. The van der Waals surface area contributed by atoms with Crippen LogP contribution in [0.5, 0.6) is 5.75 Å². The third-order valence-corrected chi connectivity index (χ3v) is 6.57. The molecule has 1 aromatic carbocycles. The van der Waals surface area contributed by atoms with Gasteiger partial charge in [0.25, 0.3) is 5.56 Å². The Labute approximate surface area is 188 Å². The summed E-state index contributed by atoms with van der Waals surface area (Å²) in [7, 11) is 1.32. The van der Waals surface area contributed by atoms with Crippen LogP contribution in [0.4, 0.5) is 0 Å². The molecule has 5 rings (SSSR count). The largest absolute Gasteiger partial charge is 0.507 e. The number of esters is 2. The Kier molecular flexibility index (Phi) is 4.75. The number of fused-ring (bicyclic) bond motifs is 5. The standard InChI is InChI=1S/C24H22N2O7/c1-3-24(31)16-9-18-20-13(10-26(18)22(29)15(16)11-33-23(24)30)8-14-17(25-20)6-4-12(21(14)28)5-7-19(27)32-2/h4,6,8-9,28,31H,3,5,7,10-11H2,1-2H3/t24-/m0/s1. The van der Waals surface area contributed by atoms with Crippen molar-refractivity contribution in [2.45, 2.75) is 44.9 Å². The van der Waals surface area contributed by atoms with Crippen molar-refractivity contribution in [1.29, 1.82) is 0 Å². The van der Waals surface area contributed by atoms with Gasteiger partial charge in [-0.15, -0.1) is 0 Å². The first-order valence-electron chi connectivity index (χ1n) is 10.7. The van der Waals surface area contributed by atoms with Crippen LogP contribution >= 0.6 is 0 Å². The van der Waals surface area contributed by atoms with Gasteiger partial charge in [0, 0.05) is 22.9 Å². The fourth-order valence-corrected chi connectivity index (χ4v) is 4.62. The van der Waals surface area contributed by atoms with E-state index in [1.165, 1.54) is 7.11 Å². The van der Waals surface area contributed by atoms with E-state index in [1.807, 2.05) is 0 Å². The number of rotatable bonds is 4. The number of methoxy groups -OCH3 is 1. The number of nitrogens with zero attached hydrogens (tertiary/aromatic N) is 2. The van der Waals surface area contributed by atoms with Crippen molar-refractivity contribution in [3.63, 3.8) is 0 Å². The Bertz CT molecular complexity index is 1410. The highest BCUT2D eigenvalue weighted by molar-refractivity contribution is 5.90. The van der Waals surface area contributed by atoms with E-state index in [9.17, 15) is 24.6 Å². The molecule has 9 heteroatoms. The number of carbonyl (C=O) groups excluding carboxylic acids is 2. The quantitative estimate of drug-likeness (QED) is 0.451. The molecule has 0 saturated heterocycles. The van der Waals surface area contributed by atoms with E-state index in [1.54, 1.807) is 35.8 Å². The number of aryl methyl sites for hydroxylation is 1. The molecule has 0 aliphatic carbocycles. The maximum absolute atomic E-state index is 13.2. The smallest absolute Gasteiger partial charge is 0.343 e. The van der Waals surface area contributed by atoms with E-state index in [4.69, 9.17) is 4.74 Å². The number of cyclic esters (lactones) is 1. The number of pyridine rings is 2. The van der Waals surface area contributed by atoms with Crippen molar-refractivity contribution in [1.82, 2.24) is 9.55 Å². The van der Waals surface area contributed by atoms with Crippen molar-refractivity contribution in [3.8, 4) is 17.1 Å². The van der Waals surface area contributed by atoms with Gasteiger partial charge in [-0.05, 0) is 36.6 Å². The van der Waals surface area contributed by atoms with Crippen LogP contribution in [-0.4, -0.2) is 38.8 Å². The summed E-state index contributed by atoms with van der Waals surface area (Å²) in [5.41, 5.74) is 1.21. The molecule has 3 aromatic rings. The lowest BCUT2D eigenvalue weighted by atomic mass is 9.86. The van der Waals surface area contributed by atoms with Gasteiger partial charge in [-0.25, -0.2) is 9.78 Å². The first kappa shape index (κ1) is 21.1. The van der Waals surface area contributed by atoms with Gasteiger partial charge in [0.15, 0.2) is 5.60 Å². The molecule has 2 aliphatic rings. The molecule has 0 bridgehead atoms. The van der Waals surface area contributed by atoms with Crippen LogP contribution < -0.4 is 5.56 Å². The van der Waals surface area contributed by atoms with Crippen LogP contribution in [0.2, 0.25) is 0 Å². The highest BCUT2D eigenvalue weighted by Gasteiger charge is 2.45. The molecule has 2 aliphatic heterocycles. The average molecular weight is 450 g/mol. The molecule has 0 amide bonds. The first-order valence-corrected chi connectivity index (χ1v) is 10.7. The summed E-state index contributed by atoms with van der Waals surface area (Å²) in [6.45, 7) is 1.71. The summed E-state index contributed by atoms with van der Waals surface area (Å²) in [6.07, 6.45) is 0.533. The second kappa shape index (κ2) is 7.41. The van der Waals surface area contributed by atoms with E-state index in [-0.39, 0.29) is 54.4 Å². The summed E-state index contributed by atoms with van der Waals surface area (Å²) < 4.78 is 11.3. The van der Waals surface area contributed by atoms with Gasteiger partial charge in [-0.1, -0.05) is 13.0 Å². The van der Waals surface area contributed by atoms with Gasteiger partial charge in [-0.3, -0.25) is 9.59 Å². The number of aliphatic hydroxyl groups is 1. The van der Waals surface area contributed by atoms with Crippen LogP contribution in [-0.2, 0) is 44.2 Å². The maximum Gasteiger partial charge on any atom is 0.343 e. The van der Waals surface area contributed by atoms with E-state index in [0.29, 0.717) is 34.3 Å². The molecule has 2 N–H and O–H groups in total. The minimum Gasteiger partial charge on any atom is -0.507 e. The van der Waals surface area contributed by atoms with Gasteiger partial charge < -0.3 is 24.3 Å². The molecule has 4 heterocycles. The van der Waals surface area contributed by atoms with Crippen molar-refractivity contribution < 1.29 is 29.3 Å². The number of phenols is 1. The van der Waals surface area contributed by atoms with Crippen molar-refractivity contribution in [2.75, 3.05) is 7.11 Å². The van der Waals surface area contributed by atoms with E-state index < -0.39 is 11.6 Å². The van der Waals surface area contributed by atoms with Crippen molar-refractivity contribution >= 4 is 22.8 Å². The number of aromatic hydroxyl groups is 1. The number of ether oxygens (including phenoxy) is 2. The zero-order chi connectivity index (χ0) is 23.5. The molecule has 170 valence electrons. The van der Waals surface area contributed by atoms with Gasteiger partial charge >= 0.3 is 11.9 Å². The van der Waals surface area contributed by atoms with Crippen molar-refractivity contribution in [3.05, 3.63) is 56.9 Å².